The van der Waals surface area contributed by atoms with E-state index >= 15 is 0 Å². The van der Waals surface area contributed by atoms with E-state index < -0.39 is 0 Å². The number of piperidine rings is 1. The normalized spacial score (nSPS) is 22.1. The maximum absolute atomic E-state index is 13.6. The first kappa shape index (κ1) is 24.7. The maximum Gasteiger partial charge on any atom is 0.410 e. The van der Waals surface area contributed by atoms with Crippen LogP contribution in [0.1, 0.15) is 54.1 Å². The molecule has 2 heterocycles. The molecule has 3 aromatic rings. The highest BCUT2D eigenvalue weighted by Crippen LogP contribution is 2.45. The smallest absolute Gasteiger partial charge is 0.410 e. The lowest BCUT2D eigenvalue weighted by molar-refractivity contribution is -0.0748. The van der Waals surface area contributed by atoms with Crippen molar-refractivity contribution in [2.24, 2.45) is 5.92 Å². The van der Waals surface area contributed by atoms with Gasteiger partial charge in [-0.15, -0.1) is 0 Å². The van der Waals surface area contributed by atoms with Crippen LogP contribution in [0.3, 0.4) is 0 Å². The number of hydrogen-bond acceptors (Lipinski definition) is 5. The van der Waals surface area contributed by atoms with Gasteiger partial charge in [-0.2, -0.15) is 0 Å². The van der Waals surface area contributed by atoms with E-state index in [1.54, 1.807) is 0 Å². The molecule has 38 heavy (non-hydrogen) atoms. The Morgan fingerprint density at radius 3 is 2.08 bits per heavy atom. The summed E-state index contributed by atoms with van der Waals surface area (Å²) < 4.78 is 17.7. The standard InChI is InChI=1S/C32H33NO5/c1-20(2)38-30-14-8-7-13-28(30)31(34)21-15-22-17-36-18-23(16-21)33(22)32(35)37-19-29-26-11-5-3-9-24(26)25-10-4-6-12-27(25)29/h3-14,20-23,29H,15-19H2,1-2H3. The summed E-state index contributed by atoms with van der Waals surface area (Å²) in [7, 11) is 0. The first-order valence-electron chi connectivity index (χ1n) is 13.5. The van der Waals surface area contributed by atoms with Crippen molar-refractivity contribution in [3.8, 4) is 16.9 Å². The number of carbonyl (C=O) groups is 2. The molecule has 1 aliphatic carbocycles. The molecule has 0 spiro atoms. The average molecular weight is 512 g/mol. The highest BCUT2D eigenvalue weighted by atomic mass is 16.6. The van der Waals surface area contributed by atoms with Gasteiger partial charge in [-0.3, -0.25) is 9.69 Å². The number of benzene rings is 3. The lowest BCUT2D eigenvalue weighted by Gasteiger charge is -2.47. The van der Waals surface area contributed by atoms with Gasteiger partial charge in [-0.05, 0) is 61.1 Å². The van der Waals surface area contributed by atoms with Crippen molar-refractivity contribution < 1.29 is 23.8 Å². The Morgan fingerprint density at radius 2 is 1.45 bits per heavy atom. The fourth-order valence-electron chi connectivity index (χ4n) is 6.34. The van der Waals surface area contributed by atoms with Crippen LogP contribution < -0.4 is 4.74 Å². The lowest BCUT2D eigenvalue weighted by Crippen LogP contribution is -2.60. The molecule has 2 aliphatic heterocycles. The second-order valence-corrected chi connectivity index (χ2v) is 10.8. The van der Waals surface area contributed by atoms with Crippen molar-refractivity contribution in [3.05, 3.63) is 89.5 Å². The van der Waals surface area contributed by atoms with Gasteiger partial charge in [-0.1, -0.05) is 60.7 Å². The van der Waals surface area contributed by atoms with Crippen molar-refractivity contribution in [1.29, 1.82) is 0 Å². The number of carbonyl (C=O) groups excluding carboxylic acids is 2. The maximum atomic E-state index is 13.6. The molecule has 3 aromatic carbocycles. The molecule has 2 saturated heterocycles. The van der Waals surface area contributed by atoms with Gasteiger partial charge in [0.15, 0.2) is 5.78 Å². The van der Waals surface area contributed by atoms with Gasteiger partial charge in [0.2, 0.25) is 0 Å². The highest BCUT2D eigenvalue weighted by molar-refractivity contribution is 6.00. The molecule has 6 rings (SSSR count). The van der Waals surface area contributed by atoms with E-state index in [1.807, 2.05) is 67.3 Å². The van der Waals surface area contributed by atoms with Crippen molar-refractivity contribution in [1.82, 2.24) is 4.90 Å². The van der Waals surface area contributed by atoms with Crippen LogP contribution in [0, 0.1) is 5.92 Å². The van der Waals surface area contributed by atoms with Crippen LogP contribution in [0.25, 0.3) is 11.1 Å². The second kappa shape index (κ2) is 10.3. The molecule has 3 aliphatic rings. The van der Waals surface area contributed by atoms with Gasteiger partial charge in [0, 0.05) is 11.8 Å². The molecule has 2 atom stereocenters. The minimum absolute atomic E-state index is 0.0130. The van der Waals surface area contributed by atoms with Gasteiger partial charge in [0.1, 0.15) is 12.4 Å². The summed E-state index contributed by atoms with van der Waals surface area (Å²) in [5.74, 6) is 0.515. The van der Waals surface area contributed by atoms with Crippen LogP contribution in [-0.2, 0) is 9.47 Å². The summed E-state index contributed by atoms with van der Waals surface area (Å²) in [6.45, 7) is 5.01. The van der Waals surface area contributed by atoms with Crippen LogP contribution in [0.5, 0.6) is 5.75 Å². The molecule has 2 bridgehead atoms. The first-order chi connectivity index (χ1) is 18.5. The summed E-state index contributed by atoms with van der Waals surface area (Å²) in [4.78, 5) is 28.9. The van der Waals surface area contributed by atoms with Crippen LogP contribution in [0.4, 0.5) is 4.79 Å². The van der Waals surface area contributed by atoms with Crippen molar-refractivity contribution in [3.63, 3.8) is 0 Å². The number of para-hydroxylation sites is 1. The number of ether oxygens (including phenoxy) is 3. The van der Waals surface area contributed by atoms with Crippen molar-refractivity contribution in [2.75, 3.05) is 19.8 Å². The minimum Gasteiger partial charge on any atom is -0.490 e. The Morgan fingerprint density at radius 1 is 0.868 bits per heavy atom. The zero-order valence-electron chi connectivity index (χ0n) is 21.8. The largest absolute Gasteiger partial charge is 0.490 e. The first-order valence-corrected chi connectivity index (χ1v) is 13.5. The zero-order valence-corrected chi connectivity index (χ0v) is 21.8. The average Bonchev–Trinajstić information content (AvgIpc) is 3.24. The topological polar surface area (TPSA) is 65.1 Å². The van der Waals surface area contributed by atoms with Crippen molar-refractivity contribution in [2.45, 2.75) is 50.8 Å². The Balaban J connectivity index is 1.16. The molecule has 6 heteroatoms. The number of Topliss-reactive ketones (excluding diaryl/α,β-unsaturated/α-hetero) is 1. The van der Waals surface area contributed by atoms with Gasteiger partial charge in [0.25, 0.3) is 0 Å². The van der Waals surface area contributed by atoms with Gasteiger partial charge >= 0.3 is 6.09 Å². The summed E-state index contributed by atoms with van der Waals surface area (Å²) in [5, 5.41) is 0. The number of rotatable bonds is 6. The fourth-order valence-corrected chi connectivity index (χ4v) is 6.34. The molecule has 1 amide bonds. The SMILES string of the molecule is CC(C)Oc1ccccc1C(=O)C1CC2COCC(C1)N2C(=O)OCC1c2ccccc2-c2ccccc21. The number of hydrogen-bond donors (Lipinski definition) is 0. The summed E-state index contributed by atoms with van der Waals surface area (Å²) in [5.41, 5.74) is 5.40. The molecular weight excluding hydrogens is 478 g/mol. The third kappa shape index (κ3) is 4.47. The predicted octanol–water partition coefficient (Wildman–Crippen LogP) is 6.09. The van der Waals surface area contributed by atoms with Gasteiger partial charge < -0.3 is 14.2 Å². The number of fused-ring (bicyclic) bond motifs is 5. The van der Waals surface area contributed by atoms with E-state index in [1.165, 1.54) is 22.3 Å². The molecule has 0 N–H and O–H groups in total. The third-order valence-corrected chi connectivity index (χ3v) is 7.95. The monoisotopic (exact) mass is 511 g/mol. The molecule has 6 nitrogen and oxygen atoms in total. The summed E-state index contributed by atoms with van der Waals surface area (Å²) >= 11 is 0. The Bertz CT molecular complexity index is 1290. The Hall–Kier alpha value is -3.64. The summed E-state index contributed by atoms with van der Waals surface area (Å²) in [6.07, 6.45) is 0.761. The zero-order chi connectivity index (χ0) is 26.2. The fraction of sp³-hybridized carbons (Fsp3) is 0.375. The predicted molar refractivity (Wildman–Crippen MR) is 145 cm³/mol. The van der Waals surface area contributed by atoms with Gasteiger partial charge in [-0.25, -0.2) is 4.79 Å². The molecule has 196 valence electrons. The second-order valence-electron chi connectivity index (χ2n) is 10.8. The highest BCUT2D eigenvalue weighted by Gasteiger charge is 2.45. The van der Waals surface area contributed by atoms with Crippen LogP contribution in [-0.4, -0.2) is 54.8 Å². The van der Waals surface area contributed by atoms with Crippen LogP contribution in [0.15, 0.2) is 72.8 Å². The van der Waals surface area contributed by atoms with Crippen LogP contribution >= 0.6 is 0 Å². The number of ketones is 1. The molecular formula is C32H33NO5. The van der Waals surface area contributed by atoms with E-state index in [0.29, 0.717) is 37.4 Å². The molecule has 0 radical (unpaired) electrons. The lowest BCUT2D eigenvalue weighted by atomic mass is 9.80. The number of nitrogens with zero attached hydrogens (tertiary/aromatic N) is 1. The van der Waals surface area contributed by atoms with E-state index in [9.17, 15) is 9.59 Å². The van der Waals surface area contributed by atoms with Crippen molar-refractivity contribution >= 4 is 11.9 Å². The van der Waals surface area contributed by atoms with E-state index in [0.717, 1.165) is 0 Å². The third-order valence-electron chi connectivity index (χ3n) is 7.95. The quantitative estimate of drug-likeness (QED) is 0.375. The van der Waals surface area contributed by atoms with E-state index in [2.05, 4.69) is 24.3 Å². The molecule has 2 unspecified atom stereocenters. The van der Waals surface area contributed by atoms with E-state index in [4.69, 9.17) is 14.2 Å². The van der Waals surface area contributed by atoms with Crippen LogP contribution in [0.2, 0.25) is 0 Å². The summed E-state index contributed by atoms with van der Waals surface area (Å²) in [6, 6.07) is 23.7. The molecule has 0 aromatic heterocycles. The Labute approximate surface area is 223 Å². The number of amides is 1. The minimum atomic E-state index is -0.320. The number of morpholine rings is 1. The molecule has 0 saturated carbocycles. The van der Waals surface area contributed by atoms with E-state index in [-0.39, 0.29) is 48.5 Å². The van der Waals surface area contributed by atoms with Gasteiger partial charge in [0.05, 0.1) is 37.0 Å². The molecule has 2 fully saturated rings. The Kier molecular flexibility index (Phi) is 6.66.